The van der Waals surface area contributed by atoms with Crippen molar-refractivity contribution in [3.05, 3.63) is 135 Å². The van der Waals surface area contributed by atoms with Gasteiger partial charge in [0.1, 0.15) is 11.5 Å². The van der Waals surface area contributed by atoms with Crippen molar-refractivity contribution in [1.29, 1.82) is 0 Å². The van der Waals surface area contributed by atoms with Gasteiger partial charge in [0, 0.05) is 55.6 Å². The van der Waals surface area contributed by atoms with Crippen LogP contribution in [0.2, 0.25) is 0 Å². The molecule has 7 rings (SSSR count). The lowest BCUT2D eigenvalue weighted by molar-refractivity contribution is -0.158. The first kappa shape index (κ1) is 53.7. The number of sulfonamides is 1. The van der Waals surface area contributed by atoms with Gasteiger partial charge in [-0.05, 0) is 124 Å². The van der Waals surface area contributed by atoms with E-state index in [1.54, 1.807) is 55.1 Å². The maximum absolute atomic E-state index is 15.3. The number of rotatable bonds is 17. The highest BCUT2D eigenvalue weighted by Crippen LogP contribution is 2.47. The number of furan rings is 2. The molecule has 2 aromatic heterocycles. The van der Waals surface area contributed by atoms with E-state index in [4.69, 9.17) is 18.3 Å². The Hall–Kier alpha value is -6.12. The number of amides is 1. The summed E-state index contributed by atoms with van der Waals surface area (Å²) in [6.07, 6.45) is -7.79. The van der Waals surface area contributed by atoms with Crippen molar-refractivity contribution in [2.75, 3.05) is 43.7 Å². The van der Waals surface area contributed by atoms with Crippen molar-refractivity contribution in [2.45, 2.75) is 109 Å². The Morgan fingerprint density at radius 3 is 2.01 bits per heavy atom. The van der Waals surface area contributed by atoms with Crippen molar-refractivity contribution in [2.24, 2.45) is 11.8 Å². The smallest absolute Gasteiger partial charge is 0.449 e. The molecule has 2 aliphatic rings. The average Bonchev–Trinajstić information content (AvgIpc) is 4.01. The number of methoxy groups -OCH3 is 2. The number of ether oxygens (including phenoxy) is 2. The van der Waals surface area contributed by atoms with Gasteiger partial charge in [0.05, 0.1) is 44.0 Å². The summed E-state index contributed by atoms with van der Waals surface area (Å²) in [7, 11) is -2.13. The maximum Gasteiger partial charge on any atom is 0.449 e. The van der Waals surface area contributed by atoms with Crippen molar-refractivity contribution in [3.8, 4) is 0 Å². The highest BCUT2D eigenvalue weighted by Gasteiger charge is 2.53. The Balaban J connectivity index is 1.16. The number of nitrogens with one attached hydrogen (secondary N) is 1. The second-order valence-electron chi connectivity index (χ2n) is 18.7. The molecule has 20 heteroatoms. The highest BCUT2D eigenvalue weighted by atomic mass is 32.2. The summed E-state index contributed by atoms with van der Waals surface area (Å²) >= 11 is 0. The first-order valence-electron chi connectivity index (χ1n) is 23.5. The lowest BCUT2D eigenvalue weighted by Gasteiger charge is -2.42. The topological polar surface area (TPSA) is 152 Å². The van der Waals surface area contributed by atoms with E-state index in [1.165, 1.54) is 20.1 Å². The minimum Gasteiger partial charge on any atom is -0.469 e. The molecule has 3 unspecified atom stereocenters. The highest BCUT2D eigenvalue weighted by molar-refractivity contribution is 7.89. The fourth-order valence-electron chi connectivity index (χ4n) is 10.1. The number of benzene rings is 3. The largest absolute Gasteiger partial charge is 0.469 e. The number of carbonyl (C=O) groups is 3. The van der Waals surface area contributed by atoms with E-state index >= 15 is 13.2 Å². The van der Waals surface area contributed by atoms with Gasteiger partial charge in [-0.15, -0.1) is 0 Å². The van der Waals surface area contributed by atoms with Crippen molar-refractivity contribution in [1.82, 2.24) is 9.62 Å². The molecule has 1 N–H and O–H groups in total. The Morgan fingerprint density at radius 2 is 1.40 bits per heavy atom. The monoisotopic (exact) mass is 1030 g/mol. The van der Waals surface area contributed by atoms with Crippen LogP contribution in [0.4, 0.5) is 37.7 Å². The fraction of sp³-hybridized carbons (Fsp3) is 0.442. The van der Waals surface area contributed by atoms with Crippen LogP contribution in [0.5, 0.6) is 0 Å². The van der Waals surface area contributed by atoms with Crippen LogP contribution >= 0.6 is 0 Å². The molecule has 0 bridgehead atoms. The SMILES string of the molecule is COC(=O)CC1CCCN(c2ccc(CN(Cc3cc(C(C)(C(=O)OC)C4CCCN(c5ccc(CNCc6ccc(C(F)(F)F)o6)cc5)C4)c(C(F)(F)F)o3)S(=O)(=O)c3c(C)cc(C)cc3C)cc2)C1=O. The van der Waals surface area contributed by atoms with Crippen LogP contribution in [0.3, 0.4) is 0 Å². The molecule has 0 aliphatic carbocycles. The first-order chi connectivity index (χ1) is 33.9. The molecule has 1 amide bonds. The molecule has 4 heterocycles. The predicted octanol–water partition coefficient (Wildman–Crippen LogP) is 10.2. The maximum atomic E-state index is 15.3. The van der Waals surface area contributed by atoms with E-state index in [1.807, 2.05) is 36.1 Å². The number of hydrogen-bond donors (Lipinski definition) is 1. The third-order valence-corrected chi connectivity index (χ3v) is 15.7. The number of carbonyl (C=O) groups excluding carboxylic acids is 3. The quantitative estimate of drug-likeness (QED) is 0.0700. The minimum atomic E-state index is -5.12. The second kappa shape index (κ2) is 21.5. The molecule has 0 radical (unpaired) electrons. The number of piperidine rings is 2. The van der Waals surface area contributed by atoms with Crippen molar-refractivity contribution >= 4 is 39.2 Å². The summed E-state index contributed by atoms with van der Waals surface area (Å²) < 4.78 is 136. The number of halogens is 6. The average molecular weight is 1030 g/mol. The predicted molar refractivity (Wildman–Crippen MR) is 254 cm³/mol. The molecule has 2 saturated heterocycles. The van der Waals surface area contributed by atoms with Gasteiger partial charge in [-0.2, -0.15) is 30.6 Å². The Morgan fingerprint density at radius 1 is 0.764 bits per heavy atom. The van der Waals surface area contributed by atoms with Gasteiger partial charge in [-0.3, -0.25) is 14.4 Å². The van der Waals surface area contributed by atoms with E-state index in [9.17, 15) is 36.0 Å². The molecule has 3 aromatic carbocycles. The Labute approximate surface area is 414 Å². The van der Waals surface area contributed by atoms with E-state index in [0.29, 0.717) is 67.7 Å². The standard InChI is InChI=1S/C52H58F6N4O9S/c1-32-23-33(2)46(34(3)24-32)72(66,67)61(29-36-13-17-40(18-14-36)62-22-7-9-37(48(62)64)25-45(63)68-5)31-42-26-43(47(71-42)52(56,57)58)50(4,49(65)69-6)38-10-8-21-60(30-38)39-15-11-35(12-16-39)27-59-28-41-19-20-44(70-41)51(53,54)55/h11-20,23-24,26,37-38,59H,7-10,21-22,25,27-31H2,1-6H3. The van der Waals surface area contributed by atoms with Gasteiger partial charge in [0.2, 0.25) is 27.5 Å². The normalized spacial score (nSPS) is 17.8. The second-order valence-corrected chi connectivity index (χ2v) is 20.6. The van der Waals surface area contributed by atoms with Crippen molar-refractivity contribution < 1.29 is 67.5 Å². The van der Waals surface area contributed by atoms with E-state index < -0.39 is 75.2 Å². The third kappa shape index (κ3) is 11.7. The summed E-state index contributed by atoms with van der Waals surface area (Å²) in [6, 6.07) is 20.5. The Kier molecular flexibility index (Phi) is 16.1. The van der Waals surface area contributed by atoms with Crippen molar-refractivity contribution in [3.63, 3.8) is 0 Å². The van der Waals surface area contributed by atoms with Crippen LogP contribution in [0.1, 0.15) is 95.4 Å². The van der Waals surface area contributed by atoms with Crippen LogP contribution < -0.4 is 15.1 Å². The molecule has 13 nitrogen and oxygen atoms in total. The third-order valence-electron chi connectivity index (χ3n) is 13.7. The van der Waals surface area contributed by atoms with E-state index in [0.717, 1.165) is 40.4 Å². The minimum absolute atomic E-state index is 0.0223. The molecule has 3 atom stereocenters. The molecule has 2 fully saturated rings. The van der Waals surface area contributed by atoms with E-state index in [-0.39, 0.29) is 48.4 Å². The van der Waals surface area contributed by atoms with Crippen LogP contribution in [0, 0.1) is 32.6 Å². The van der Waals surface area contributed by atoms with Gasteiger partial charge < -0.3 is 33.4 Å². The number of anilines is 2. The van der Waals surface area contributed by atoms with Crippen LogP contribution in [0.15, 0.2) is 92.6 Å². The summed E-state index contributed by atoms with van der Waals surface area (Å²) in [6.45, 7) is 6.91. The molecule has 0 spiro atoms. The van der Waals surface area contributed by atoms with Gasteiger partial charge in [-0.1, -0.05) is 42.0 Å². The lowest BCUT2D eigenvalue weighted by Crippen LogP contribution is -2.50. The molecule has 388 valence electrons. The first-order valence-corrected chi connectivity index (χ1v) is 24.9. The van der Waals surface area contributed by atoms with Gasteiger partial charge >= 0.3 is 24.3 Å². The molecular formula is C52H58F6N4O9S. The molecular weight excluding hydrogens is 971 g/mol. The molecule has 5 aromatic rings. The van der Waals surface area contributed by atoms with Crippen LogP contribution in [-0.2, 0) is 77.8 Å². The van der Waals surface area contributed by atoms with Gasteiger partial charge in [0.15, 0.2) is 0 Å². The number of hydrogen-bond acceptors (Lipinski definition) is 11. The zero-order chi connectivity index (χ0) is 52.3. The number of alkyl halides is 6. The van der Waals surface area contributed by atoms with Gasteiger partial charge in [-0.25, -0.2) is 8.42 Å². The fourth-order valence-corrected chi connectivity index (χ4v) is 11.9. The number of nitrogens with zero attached hydrogens (tertiary/aromatic N) is 3. The number of esters is 2. The summed E-state index contributed by atoms with van der Waals surface area (Å²) in [5, 5.41) is 3.05. The van der Waals surface area contributed by atoms with Gasteiger partial charge in [0.25, 0.3) is 0 Å². The summed E-state index contributed by atoms with van der Waals surface area (Å²) in [5.41, 5.74) is 1.73. The molecule has 2 aliphatic heterocycles. The van der Waals surface area contributed by atoms with E-state index in [2.05, 4.69) is 5.32 Å². The van der Waals surface area contributed by atoms with Crippen LogP contribution in [0.25, 0.3) is 0 Å². The Bertz CT molecular complexity index is 2840. The molecule has 72 heavy (non-hydrogen) atoms. The number of aryl methyl sites for hydroxylation is 3. The summed E-state index contributed by atoms with van der Waals surface area (Å²) in [5.74, 6) is -5.79. The molecule has 0 saturated carbocycles. The summed E-state index contributed by atoms with van der Waals surface area (Å²) in [4.78, 5) is 43.0. The van der Waals surface area contributed by atoms with Crippen LogP contribution in [-0.4, -0.2) is 64.4 Å². The lowest BCUT2D eigenvalue weighted by atomic mass is 9.68. The zero-order valence-electron chi connectivity index (χ0n) is 40.8. The zero-order valence-corrected chi connectivity index (χ0v) is 41.7.